The predicted octanol–water partition coefficient (Wildman–Crippen LogP) is 3.29. The topological polar surface area (TPSA) is 15.3 Å². The van der Waals surface area contributed by atoms with Crippen molar-refractivity contribution in [2.24, 2.45) is 0 Å². The summed E-state index contributed by atoms with van der Waals surface area (Å²) < 4.78 is 12.9. The summed E-state index contributed by atoms with van der Waals surface area (Å²) >= 11 is 5.70. The molecule has 1 aliphatic heterocycles. The molecule has 1 heterocycles. The first-order valence-corrected chi connectivity index (χ1v) is 5.60. The number of anilines is 1. The van der Waals surface area contributed by atoms with E-state index in [9.17, 15) is 4.39 Å². The van der Waals surface area contributed by atoms with Crippen molar-refractivity contribution in [3.05, 3.63) is 29.0 Å². The molecule has 15 heavy (non-hydrogen) atoms. The van der Waals surface area contributed by atoms with Gasteiger partial charge in [-0.25, -0.2) is 9.40 Å². The van der Waals surface area contributed by atoms with Crippen molar-refractivity contribution < 1.29 is 4.39 Å². The number of halogens is 2. The number of hydrogen-bond acceptors (Lipinski definition) is 2. The molecule has 1 saturated heterocycles. The van der Waals surface area contributed by atoms with E-state index in [0.29, 0.717) is 0 Å². The number of benzene rings is 1. The highest BCUT2D eigenvalue weighted by Crippen LogP contribution is 2.20. The zero-order valence-electron chi connectivity index (χ0n) is 8.47. The lowest BCUT2D eigenvalue weighted by molar-refractivity contribution is 0.273. The number of hydrazine groups is 1. The van der Waals surface area contributed by atoms with E-state index in [2.05, 4.69) is 10.4 Å². The highest BCUT2D eigenvalue weighted by atomic mass is 35.5. The fourth-order valence-corrected chi connectivity index (χ4v) is 1.93. The minimum atomic E-state index is -0.374. The van der Waals surface area contributed by atoms with Crippen LogP contribution in [0.2, 0.25) is 5.02 Å². The van der Waals surface area contributed by atoms with Gasteiger partial charge >= 0.3 is 0 Å². The van der Waals surface area contributed by atoms with Gasteiger partial charge < -0.3 is 5.43 Å². The maximum absolute atomic E-state index is 12.9. The van der Waals surface area contributed by atoms with Gasteiger partial charge in [0.25, 0.3) is 0 Å². The fraction of sp³-hybridized carbons (Fsp3) is 0.455. The van der Waals surface area contributed by atoms with E-state index >= 15 is 0 Å². The van der Waals surface area contributed by atoms with Crippen LogP contribution < -0.4 is 5.43 Å². The van der Waals surface area contributed by atoms with E-state index in [-0.39, 0.29) is 10.8 Å². The Kier molecular flexibility index (Phi) is 3.44. The molecule has 0 bridgehead atoms. The van der Waals surface area contributed by atoms with Crippen LogP contribution in [-0.4, -0.2) is 18.1 Å². The van der Waals surface area contributed by atoms with Crippen molar-refractivity contribution >= 4 is 17.3 Å². The second kappa shape index (κ2) is 4.81. The molecule has 0 aromatic heterocycles. The molecule has 0 atom stereocenters. The lowest BCUT2D eigenvalue weighted by atomic mass is 10.2. The average molecular weight is 229 g/mol. The van der Waals surface area contributed by atoms with Crippen LogP contribution in [0.25, 0.3) is 0 Å². The Morgan fingerprint density at radius 2 is 1.93 bits per heavy atom. The molecule has 0 unspecified atom stereocenters. The maximum atomic E-state index is 12.9. The van der Waals surface area contributed by atoms with Crippen LogP contribution in [0.4, 0.5) is 10.1 Å². The van der Waals surface area contributed by atoms with E-state index in [1.54, 1.807) is 12.1 Å². The van der Waals surface area contributed by atoms with E-state index in [1.165, 1.54) is 25.3 Å². The summed E-state index contributed by atoms with van der Waals surface area (Å²) in [4.78, 5) is 0. The molecule has 0 saturated carbocycles. The highest BCUT2D eigenvalue weighted by Gasteiger charge is 2.10. The zero-order chi connectivity index (χ0) is 10.7. The molecule has 2 rings (SSSR count). The molecule has 1 aromatic carbocycles. The summed E-state index contributed by atoms with van der Waals surface area (Å²) in [7, 11) is 0. The van der Waals surface area contributed by atoms with Gasteiger partial charge in [-0.05, 0) is 31.0 Å². The van der Waals surface area contributed by atoms with Crippen molar-refractivity contribution in [2.75, 3.05) is 18.5 Å². The predicted molar refractivity (Wildman–Crippen MR) is 60.5 cm³/mol. The Balaban J connectivity index is 2.00. The van der Waals surface area contributed by atoms with Gasteiger partial charge in [0.15, 0.2) is 0 Å². The largest absolute Gasteiger partial charge is 0.319 e. The summed E-state index contributed by atoms with van der Waals surface area (Å²) in [5.41, 5.74) is 4.08. The molecular formula is C11H14ClFN2. The summed E-state index contributed by atoms with van der Waals surface area (Å²) in [6.07, 6.45) is 3.71. The normalized spacial score (nSPS) is 17.7. The van der Waals surface area contributed by atoms with E-state index in [1.807, 2.05) is 0 Å². The second-order valence-electron chi connectivity index (χ2n) is 3.79. The minimum Gasteiger partial charge on any atom is -0.319 e. The maximum Gasteiger partial charge on any atom is 0.141 e. The molecule has 0 radical (unpaired) electrons. The van der Waals surface area contributed by atoms with Crippen LogP contribution in [-0.2, 0) is 0 Å². The highest BCUT2D eigenvalue weighted by molar-refractivity contribution is 6.31. The molecule has 2 nitrogen and oxygen atoms in total. The van der Waals surface area contributed by atoms with Gasteiger partial charge in [0.1, 0.15) is 5.82 Å². The van der Waals surface area contributed by atoms with Crippen molar-refractivity contribution in [1.82, 2.24) is 5.01 Å². The monoisotopic (exact) mass is 228 g/mol. The van der Waals surface area contributed by atoms with E-state index in [4.69, 9.17) is 11.6 Å². The van der Waals surface area contributed by atoms with Crippen LogP contribution in [0.1, 0.15) is 19.3 Å². The van der Waals surface area contributed by atoms with Gasteiger partial charge in [-0.1, -0.05) is 18.0 Å². The second-order valence-corrected chi connectivity index (χ2v) is 4.20. The third-order valence-corrected chi connectivity index (χ3v) is 2.85. The van der Waals surface area contributed by atoms with E-state index in [0.717, 1.165) is 18.8 Å². The number of nitrogens with zero attached hydrogens (tertiary/aromatic N) is 1. The van der Waals surface area contributed by atoms with Crippen molar-refractivity contribution in [2.45, 2.75) is 19.3 Å². The smallest absolute Gasteiger partial charge is 0.141 e. The number of piperidine rings is 1. The fourth-order valence-electron chi connectivity index (χ4n) is 1.75. The summed E-state index contributed by atoms with van der Waals surface area (Å²) in [5, 5.41) is 2.31. The standard InChI is InChI=1S/C11H14ClFN2/c12-10-8-9(4-5-11(10)13)14-15-6-2-1-3-7-15/h4-5,8,14H,1-3,6-7H2. The summed E-state index contributed by atoms with van der Waals surface area (Å²) in [6, 6.07) is 4.70. The van der Waals surface area contributed by atoms with Gasteiger partial charge in [0, 0.05) is 13.1 Å². The molecule has 1 aliphatic rings. The van der Waals surface area contributed by atoms with Crippen LogP contribution in [0.15, 0.2) is 18.2 Å². The molecule has 0 amide bonds. The van der Waals surface area contributed by atoms with Crippen molar-refractivity contribution in [3.8, 4) is 0 Å². The van der Waals surface area contributed by atoms with Crippen molar-refractivity contribution in [3.63, 3.8) is 0 Å². The minimum absolute atomic E-state index is 0.164. The molecule has 1 aromatic rings. The molecule has 82 valence electrons. The molecule has 0 aliphatic carbocycles. The average Bonchev–Trinajstić information content (AvgIpc) is 2.25. The third kappa shape index (κ3) is 2.83. The van der Waals surface area contributed by atoms with E-state index < -0.39 is 0 Å². The van der Waals surface area contributed by atoms with Crippen molar-refractivity contribution in [1.29, 1.82) is 0 Å². The zero-order valence-corrected chi connectivity index (χ0v) is 9.23. The van der Waals surface area contributed by atoms with Crippen LogP contribution in [0.3, 0.4) is 0 Å². The van der Waals surface area contributed by atoms with Gasteiger partial charge in [0.2, 0.25) is 0 Å². The van der Waals surface area contributed by atoms with Gasteiger partial charge in [0.05, 0.1) is 10.7 Å². The Morgan fingerprint density at radius 1 is 1.20 bits per heavy atom. The van der Waals surface area contributed by atoms with Crippen LogP contribution >= 0.6 is 11.6 Å². The first-order valence-electron chi connectivity index (χ1n) is 5.22. The van der Waals surface area contributed by atoms with Crippen LogP contribution in [0.5, 0.6) is 0 Å². The summed E-state index contributed by atoms with van der Waals surface area (Å²) in [6.45, 7) is 2.07. The third-order valence-electron chi connectivity index (χ3n) is 2.56. The SMILES string of the molecule is Fc1ccc(NN2CCCCC2)cc1Cl. The summed E-state index contributed by atoms with van der Waals surface area (Å²) in [5.74, 6) is -0.374. The Hall–Kier alpha value is -0.800. The lowest BCUT2D eigenvalue weighted by Gasteiger charge is -2.27. The number of rotatable bonds is 2. The quantitative estimate of drug-likeness (QED) is 0.836. The Labute approximate surface area is 94.0 Å². The molecule has 1 fully saturated rings. The molecule has 0 spiro atoms. The lowest BCUT2D eigenvalue weighted by Crippen LogP contribution is -2.34. The first kappa shape index (κ1) is 10.7. The van der Waals surface area contributed by atoms with Gasteiger partial charge in [-0.3, -0.25) is 0 Å². The molecule has 4 heteroatoms. The molecular weight excluding hydrogens is 215 g/mol. The number of nitrogens with one attached hydrogen (secondary N) is 1. The Morgan fingerprint density at radius 3 is 2.60 bits per heavy atom. The van der Waals surface area contributed by atoms with Gasteiger partial charge in [-0.2, -0.15) is 0 Å². The number of hydrogen-bond donors (Lipinski definition) is 1. The van der Waals surface area contributed by atoms with Crippen LogP contribution in [0, 0.1) is 5.82 Å². The first-order chi connectivity index (χ1) is 7.25. The Bertz CT molecular complexity index is 337. The van der Waals surface area contributed by atoms with Gasteiger partial charge in [-0.15, -0.1) is 0 Å². The molecule has 1 N–H and O–H groups in total.